The SMILES string of the molecule is COc1ccc(CCN(C)C(=O)COC(=O)c2c(C)noc2N)cc1OC. The molecule has 0 saturated carbocycles. The number of hydrogen-bond acceptors (Lipinski definition) is 8. The minimum Gasteiger partial charge on any atom is -0.493 e. The van der Waals surface area contributed by atoms with Gasteiger partial charge in [0.1, 0.15) is 5.56 Å². The van der Waals surface area contributed by atoms with Gasteiger partial charge in [-0.1, -0.05) is 11.2 Å². The highest BCUT2D eigenvalue weighted by atomic mass is 16.5. The first-order valence-corrected chi connectivity index (χ1v) is 8.21. The number of aromatic nitrogens is 1. The molecule has 1 heterocycles. The van der Waals surface area contributed by atoms with Crippen LogP contribution in [0.5, 0.6) is 11.5 Å². The second kappa shape index (κ2) is 8.93. The van der Waals surface area contributed by atoms with Crippen molar-refractivity contribution < 1.29 is 28.3 Å². The first-order chi connectivity index (χ1) is 12.9. The average Bonchev–Trinajstić information content (AvgIpc) is 3.01. The largest absolute Gasteiger partial charge is 0.493 e. The zero-order chi connectivity index (χ0) is 20.0. The van der Waals surface area contributed by atoms with Crippen molar-refractivity contribution in [3.63, 3.8) is 0 Å². The van der Waals surface area contributed by atoms with E-state index in [2.05, 4.69) is 5.16 Å². The number of anilines is 1. The normalized spacial score (nSPS) is 10.4. The molecule has 0 aliphatic carbocycles. The van der Waals surface area contributed by atoms with Crippen molar-refractivity contribution in [1.82, 2.24) is 10.1 Å². The van der Waals surface area contributed by atoms with Gasteiger partial charge in [-0.2, -0.15) is 0 Å². The van der Waals surface area contributed by atoms with E-state index >= 15 is 0 Å². The van der Waals surface area contributed by atoms with E-state index in [1.54, 1.807) is 28.2 Å². The maximum Gasteiger partial charge on any atom is 0.346 e. The van der Waals surface area contributed by atoms with E-state index < -0.39 is 12.6 Å². The number of likely N-dealkylation sites (N-methyl/N-ethyl adjacent to an activating group) is 1. The number of hydrogen-bond donors (Lipinski definition) is 1. The molecule has 0 unspecified atom stereocenters. The molecule has 1 aromatic carbocycles. The van der Waals surface area contributed by atoms with Crippen LogP contribution in [0.15, 0.2) is 22.7 Å². The van der Waals surface area contributed by atoms with E-state index in [1.807, 2.05) is 18.2 Å². The summed E-state index contributed by atoms with van der Waals surface area (Å²) in [5.41, 5.74) is 6.85. The Hall–Kier alpha value is -3.23. The van der Waals surface area contributed by atoms with Crippen molar-refractivity contribution >= 4 is 17.8 Å². The lowest BCUT2D eigenvalue weighted by Crippen LogP contribution is -2.33. The lowest BCUT2D eigenvalue weighted by Gasteiger charge is -2.17. The second-order valence-electron chi connectivity index (χ2n) is 5.84. The van der Waals surface area contributed by atoms with Crippen LogP contribution in [0.25, 0.3) is 0 Å². The van der Waals surface area contributed by atoms with Gasteiger partial charge in [-0.05, 0) is 31.0 Å². The molecular formula is C18H23N3O6. The van der Waals surface area contributed by atoms with Gasteiger partial charge in [-0.25, -0.2) is 4.79 Å². The summed E-state index contributed by atoms with van der Waals surface area (Å²) in [5.74, 6) is 0.0524. The van der Waals surface area contributed by atoms with Crippen LogP contribution in [0, 0.1) is 6.92 Å². The zero-order valence-electron chi connectivity index (χ0n) is 15.8. The number of benzene rings is 1. The van der Waals surface area contributed by atoms with Crippen LogP contribution < -0.4 is 15.2 Å². The van der Waals surface area contributed by atoms with Crippen LogP contribution in [0.3, 0.4) is 0 Å². The molecule has 9 heteroatoms. The third-order valence-corrected chi connectivity index (χ3v) is 4.03. The number of nitrogens with two attached hydrogens (primary N) is 1. The van der Waals surface area contributed by atoms with Crippen LogP contribution in [0.4, 0.5) is 5.88 Å². The predicted molar refractivity (Wildman–Crippen MR) is 96.8 cm³/mol. The van der Waals surface area contributed by atoms with Crippen LogP contribution in [0.2, 0.25) is 0 Å². The maximum absolute atomic E-state index is 12.2. The average molecular weight is 377 g/mol. The fourth-order valence-electron chi connectivity index (χ4n) is 2.40. The summed E-state index contributed by atoms with van der Waals surface area (Å²) in [7, 11) is 4.77. The smallest absolute Gasteiger partial charge is 0.346 e. The Morgan fingerprint density at radius 3 is 2.52 bits per heavy atom. The summed E-state index contributed by atoms with van der Waals surface area (Å²) in [6.45, 7) is 1.61. The molecule has 0 aliphatic rings. The van der Waals surface area contributed by atoms with Gasteiger partial charge >= 0.3 is 5.97 Å². The van der Waals surface area contributed by atoms with Crippen molar-refractivity contribution in [2.75, 3.05) is 40.2 Å². The van der Waals surface area contributed by atoms with Crippen LogP contribution >= 0.6 is 0 Å². The Morgan fingerprint density at radius 1 is 1.22 bits per heavy atom. The number of carbonyl (C=O) groups is 2. The van der Waals surface area contributed by atoms with Crippen LogP contribution in [-0.2, 0) is 16.0 Å². The van der Waals surface area contributed by atoms with Crippen LogP contribution in [0.1, 0.15) is 21.6 Å². The van der Waals surface area contributed by atoms with Gasteiger partial charge in [-0.15, -0.1) is 0 Å². The monoisotopic (exact) mass is 377 g/mol. The molecule has 0 atom stereocenters. The highest BCUT2D eigenvalue weighted by Gasteiger charge is 2.21. The summed E-state index contributed by atoms with van der Waals surface area (Å²) >= 11 is 0. The molecule has 146 valence electrons. The minimum absolute atomic E-state index is 0.0378. The van der Waals surface area contributed by atoms with Crippen molar-refractivity contribution in [1.29, 1.82) is 0 Å². The Kier molecular flexibility index (Phi) is 6.64. The van der Waals surface area contributed by atoms with E-state index in [4.69, 9.17) is 24.5 Å². The maximum atomic E-state index is 12.2. The molecule has 27 heavy (non-hydrogen) atoms. The Balaban J connectivity index is 1.86. The molecule has 0 spiro atoms. The topological polar surface area (TPSA) is 117 Å². The summed E-state index contributed by atoms with van der Waals surface area (Å²) in [4.78, 5) is 25.6. The standard InChI is InChI=1S/C18H23N3O6/c1-11-16(17(19)27-20-11)18(23)26-10-15(22)21(2)8-7-12-5-6-13(24-3)14(9-12)25-4/h5-6,9H,7-8,10,19H2,1-4H3. The first-order valence-electron chi connectivity index (χ1n) is 8.21. The number of nitrogen functional groups attached to an aromatic ring is 1. The highest BCUT2D eigenvalue weighted by Crippen LogP contribution is 2.27. The summed E-state index contributed by atoms with van der Waals surface area (Å²) in [5, 5.41) is 3.57. The lowest BCUT2D eigenvalue weighted by atomic mass is 10.1. The first kappa shape index (κ1) is 20.1. The molecule has 0 aliphatic heterocycles. The van der Waals surface area contributed by atoms with E-state index in [0.717, 1.165) is 5.56 Å². The molecule has 2 N–H and O–H groups in total. The van der Waals surface area contributed by atoms with Gasteiger partial charge < -0.3 is 29.4 Å². The Labute approximate surface area is 157 Å². The summed E-state index contributed by atoms with van der Waals surface area (Å²) in [6.07, 6.45) is 0.605. The van der Waals surface area contributed by atoms with Gasteiger partial charge in [0.05, 0.1) is 19.9 Å². The van der Waals surface area contributed by atoms with E-state index in [-0.39, 0.29) is 17.4 Å². The number of aryl methyl sites for hydroxylation is 1. The number of amides is 1. The van der Waals surface area contributed by atoms with E-state index in [1.165, 1.54) is 4.90 Å². The highest BCUT2D eigenvalue weighted by molar-refractivity contribution is 5.96. The number of esters is 1. The minimum atomic E-state index is -0.743. The molecular weight excluding hydrogens is 354 g/mol. The second-order valence-corrected chi connectivity index (χ2v) is 5.84. The molecule has 1 aromatic heterocycles. The number of nitrogens with zero attached hydrogens (tertiary/aromatic N) is 2. The molecule has 0 bridgehead atoms. The van der Waals surface area contributed by atoms with E-state index in [0.29, 0.717) is 30.2 Å². The molecule has 2 rings (SSSR count). The fourth-order valence-corrected chi connectivity index (χ4v) is 2.40. The molecule has 2 aromatic rings. The third kappa shape index (κ3) is 4.90. The van der Waals surface area contributed by atoms with Crippen molar-refractivity contribution in [3.8, 4) is 11.5 Å². The van der Waals surface area contributed by atoms with Crippen molar-refractivity contribution in [2.24, 2.45) is 0 Å². The Morgan fingerprint density at radius 2 is 1.93 bits per heavy atom. The number of methoxy groups -OCH3 is 2. The number of rotatable bonds is 8. The van der Waals surface area contributed by atoms with Gasteiger partial charge in [0.15, 0.2) is 18.1 Å². The lowest BCUT2D eigenvalue weighted by molar-refractivity contribution is -0.133. The molecule has 0 radical (unpaired) electrons. The van der Waals surface area contributed by atoms with Gasteiger partial charge in [0.2, 0.25) is 5.88 Å². The molecule has 9 nitrogen and oxygen atoms in total. The Bertz CT molecular complexity index is 798. The summed E-state index contributed by atoms with van der Waals surface area (Å²) in [6, 6.07) is 5.56. The quantitative estimate of drug-likeness (QED) is 0.687. The van der Waals surface area contributed by atoms with Crippen molar-refractivity contribution in [3.05, 3.63) is 35.0 Å². The third-order valence-electron chi connectivity index (χ3n) is 4.03. The number of ether oxygens (including phenoxy) is 3. The zero-order valence-corrected chi connectivity index (χ0v) is 15.8. The predicted octanol–water partition coefficient (Wildman–Crippen LogP) is 1.44. The van der Waals surface area contributed by atoms with Gasteiger partial charge in [-0.3, -0.25) is 4.79 Å². The molecule has 0 fully saturated rings. The number of carbonyl (C=O) groups excluding carboxylic acids is 2. The van der Waals surface area contributed by atoms with E-state index in [9.17, 15) is 9.59 Å². The van der Waals surface area contributed by atoms with Gasteiger partial charge in [0.25, 0.3) is 5.91 Å². The fraction of sp³-hybridized carbons (Fsp3) is 0.389. The summed E-state index contributed by atoms with van der Waals surface area (Å²) < 4.78 is 20.2. The van der Waals surface area contributed by atoms with Crippen LogP contribution in [-0.4, -0.2) is 56.4 Å². The van der Waals surface area contributed by atoms with Crippen molar-refractivity contribution in [2.45, 2.75) is 13.3 Å². The molecule has 0 saturated heterocycles. The van der Waals surface area contributed by atoms with Gasteiger partial charge in [0, 0.05) is 13.6 Å². The molecule has 1 amide bonds.